The Kier molecular flexibility index (Phi) is 19.5. The molecule has 6 saturated heterocycles. The normalized spacial score (nSPS) is 51.3. The molecule has 0 aromatic rings. The van der Waals surface area contributed by atoms with Gasteiger partial charge in [0.25, 0.3) is 0 Å². The first-order chi connectivity index (χ1) is 40.5. The van der Waals surface area contributed by atoms with Crippen molar-refractivity contribution in [1.29, 1.82) is 0 Å². The fourth-order valence-corrected chi connectivity index (χ4v) is 17.4. The van der Waals surface area contributed by atoms with Gasteiger partial charge < -0.3 is 118 Å². The van der Waals surface area contributed by atoms with Crippen LogP contribution in [0, 0.1) is 39.4 Å². The van der Waals surface area contributed by atoms with Crippen LogP contribution in [0.15, 0.2) is 23.8 Å². The van der Waals surface area contributed by atoms with Gasteiger partial charge in [0.2, 0.25) is 0 Å². The first-order valence-corrected chi connectivity index (χ1v) is 30.6. The van der Waals surface area contributed by atoms with E-state index in [1.165, 1.54) is 26.5 Å². The number of ether oxygens (including phenoxy) is 13. The molecule has 86 heavy (non-hydrogen) atoms. The molecular weight excluding hydrogens is 1140 g/mol. The van der Waals surface area contributed by atoms with Gasteiger partial charge in [-0.3, -0.25) is 9.59 Å². The third-order valence-corrected chi connectivity index (χ3v) is 21.8. The lowest BCUT2D eigenvalue weighted by atomic mass is 9.41. The predicted molar refractivity (Wildman–Crippen MR) is 292 cm³/mol. The molecule has 0 amide bonds. The molecule has 0 unspecified atom stereocenters. The maximum atomic E-state index is 14.7. The number of fused-ring (bicyclic) bond motifs is 4. The van der Waals surface area contributed by atoms with Crippen LogP contribution >= 0.6 is 0 Å². The average Bonchev–Trinajstić information content (AvgIpc) is 1.46. The van der Waals surface area contributed by atoms with Gasteiger partial charge in [-0.2, -0.15) is 0 Å². The summed E-state index contributed by atoms with van der Waals surface area (Å²) in [5, 5.41) is 121. The number of hydrogen-bond donors (Lipinski definition) is 11. The predicted octanol–water partition coefficient (Wildman–Crippen LogP) is -0.744. The molecule has 0 aromatic heterocycles. The number of methoxy groups -OCH3 is 1. The summed E-state index contributed by atoms with van der Waals surface area (Å²) in [5.74, 6) is -0.507. The van der Waals surface area contributed by atoms with Crippen molar-refractivity contribution in [2.45, 2.75) is 266 Å². The SMILES string of the molecule is C=C(C)C[C@@H](C[C@]1(C)OC(=O)[C@]23CC[C@@H]4C(=CC[C@H]5C(C)(C)[C@@H](O[C@@H]6OC[C@@H](O[C@@H]7O[C@H](CO)[C@H](O)[C@H](O)[C@H]7O)[C@H](O)[C@H]6O[C@@H]6O[C@H](C)[C@@H](O[C@@H]7OC[C@@H](O)[C@H](O[C@@H]8OC[C@@H](O)[C@H](OC)[C@H]8O)[C@H]7O)[C@@H](O)[C@H]6O)CC[C@]45C)[C@]2(C)CC[C@@H]31)OC(C)=O. The minimum atomic E-state index is -1.93. The van der Waals surface area contributed by atoms with Gasteiger partial charge in [0, 0.05) is 38.2 Å². The Labute approximate surface area is 500 Å². The molecule has 0 radical (unpaired) electrons. The number of cyclic esters (lactones) is 1. The summed E-state index contributed by atoms with van der Waals surface area (Å²) in [5.41, 5.74) is -0.754. The highest BCUT2D eigenvalue weighted by Crippen LogP contribution is 2.76. The van der Waals surface area contributed by atoms with Crippen LogP contribution in [0.4, 0.5) is 0 Å². The van der Waals surface area contributed by atoms with Crippen LogP contribution in [0.25, 0.3) is 0 Å². The molecule has 31 atom stereocenters. The van der Waals surface area contributed by atoms with E-state index in [1.807, 2.05) is 13.8 Å². The zero-order valence-corrected chi connectivity index (χ0v) is 50.6. The lowest BCUT2D eigenvalue weighted by Crippen LogP contribution is -2.66. The molecule has 6 heterocycles. The lowest BCUT2D eigenvalue weighted by Gasteiger charge is -2.64. The molecule has 4 aliphatic carbocycles. The molecule has 490 valence electrons. The molecule has 26 nitrogen and oxygen atoms in total. The van der Waals surface area contributed by atoms with Crippen LogP contribution in [0.3, 0.4) is 0 Å². The van der Waals surface area contributed by atoms with Crippen molar-refractivity contribution in [3.05, 3.63) is 23.8 Å². The van der Waals surface area contributed by atoms with E-state index in [-0.39, 0.29) is 35.7 Å². The lowest BCUT2D eigenvalue weighted by molar-refractivity contribution is -0.389. The molecule has 6 aliphatic heterocycles. The summed E-state index contributed by atoms with van der Waals surface area (Å²) >= 11 is 0. The van der Waals surface area contributed by atoms with E-state index < -0.39 is 195 Å². The van der Waals surface area contributed by atoms with E-state index in [1.54, 1.807) is 0 Å². The van der Waals surface area contributed by atoms with Gasteiger partial charge in [-0.25, -0.2) is 0 Å². The summed E-state index contributed by atoms with van der Waals surface area (Å²) in [6.45, 7) is 17.8. The molecule has 26 heteroatoms. The van der Waals surface area contributed by atoms with Gasteiger partial charge in [-0.1, -0.05) is 44.9 Å². The van der Waals surface area contributed by atoms with Gasteiger partial charge in [-0.05, 0) is 88.4 Å². The van der Waals surface area contributed by atoms with Crippen molar-refractivity contribution < 1.29 is 127 Å². The molecule has 10 aliphatic rings. The van der Waals surface area contributed by atoms with E-state index in [0.717, 1.165) is 24.8 Å². The number of hydrogen-bond acceptors (Lipinski definition) is 26. The number of aliphatic hydroxyl groups is 11. The summed E-state index contributed by atoms with van der Waals surface area (Å²) in [4.78, 5) is 26.9. The molecule has 0 bridgehead atoms. The molecule has 0 aromatic carbocycles. The summed E-state index contributed by atoms with van der Waals surface area (Å²) in [6, 6.07) is 0. The van der Waals surface area contributed by atoms with Crippen molar-refractivity contribution in [2.75, 3.05) is 33.5 Å². The molecule has 1 spiro atoms. The van der Waals surface area contributed by atoms with Crippen LogP contribution in [0.2, 0.25) is 0 Å². The van der Waals surface area contributed by atoms with Crippen LogP contribution < -0.4 is 0 Å². The fourth-order valence-electron chi connectivity index (χ4n) is 17.4. The smallest absolute Gasteiger partial charge is 0.313 e. The monoisotopic (exact) mass is 1230 g/mol. The third-order valence-electron chi connectivity index (χ3n) is 21.8. The van der Waals surface area contributed by atoms with E-state index >= 15 is 0 Å². The molecule has 9 fully saturated rings. The van der Waals surface area contributed by atoms with Crippen molar-refractivity contribution in [3.63, 3.8) is 0 Å². The minimum Gasteiger partial charge on any atom is -0.462 e. The number of carbonyl (C=O) groups excluding carboxylic acids is 2. The van der Waals surface area contributed by atoms with Crippen molar-refractivity contribution >= 4 is 11.9 Å². The number of aliphatic hydroxyl groups excluding tert-OH is 11. The third kappa shape index (κ3) is 11.5. The number of carbonyl (C=O) groups is 2. The quantitative estimate of drug-likeness (QED) is 0.0631. The highest BCUT2D eigenvalue weighted by atomic mass is 16.8. The van der Waals surface area contributed by atoms with Crippen molar-refractivity contribution in [3.8, 4) is 0 Å². The van der Waals surface area contributed by atoms with E-state index in [4.69, 9.17) is 61.6 Å². The zero-order chi connectivity index (χ0) is 62.5. The Morgan fingerprint density at radius 1 is 0.663 bits per heavy atom. The maximum absolute atomic E-state index is 14.7. The minimum absolute atomic E-state index is 0.0392. The second-order valence-electron chi connectivity index (χ2n) is 27.5. The Bertz CT molecular complexity index is 2430. The summed E-state index contributed by atoms with van der Waals surface area (Å²) < 4.78 is 78.1. The Morgan fingerprint density at radius 2 is 1.28 bits per heavy atom. The number of esters is 2. The molecule has 10 rings (SSSR count). The zero-order valence-electron chi connectivity index (χ0n) is 50.6. The van der Waals surface area contributed by atoms with E-state index in [0.29, 0.717) is 38.5 Å². The van der Waals surface area contributed by atoms with E-state index in [9.17, 15) is 65.8 Å². The highest BCUT2D eigenvalue weighted by Gasteiger charge is 2.76. The first kappa shape index (κ1) is 66.5. The van der Waals surface area contributed by atoms with Gasteiger partial charge in [0.1, 0.15) is 109 Å². The fraction of sp³-hybridized carbons (Fsp3) is 0.900. The van der Waals surface area contributed by atoms with Gasteiger partial charge in [0.15, 0.2) is 31.5 Å². The van der Waals surface area contributed by atoms with E-state index in [2.05, 4.69) is 40.3 Å². The van der Waals surface area contributed by atoms with Gasteiger partial charge >= 0.3 is 11.9 Å². The van der Waals surface area contributed by atoms with Gasteiger partial charge in [-0.15, -0.1) is 6.58 Å². The highest BCUT2D eigenvalue weighted by molar-refractivity contribution is 5.83. The van der Waals surface area contributed by atoms with Crippen LogP contribution in [-0.2, 0) is 71.2 Å². The standard InChI is InChI=1S/C60H94O26/c1-25(2)19-28(79-27(4)62)20-59(9)36-14-17-58(8)30-11-12-35-56(5,6)37(15-16-57(35,7)29(30)13-18-60(36,58)55(73)86-59)82-54-49(39(66)34(24-77-54)81-53-42(69)40(67)38(65)33(21-61)80-53)85-52-43(70)41(68)46(26(3)78-52)83-51-45(72)48(32(64)23-76-51)84-50-44(71)47(74-10)31(63)22-75-50/h11,26,28-29,31-54,61,63-72H,1,12-24H2,2-10H3/t26-,28+,29-,31-,32-,33-,34-,35+,36-,37+,38+,39+,40+,41+,42-,43-,44-,45-,46-,47+,48+,49-,50+,51+,52+,53+,54+,57-,58+,59+,60-/m1/s1. The molecule has 3 saturated carbocycles. The first-order valence-electron chi connectivity index (χ1n) is 30.6. The average molecular weight is 1230 g/mol. The Morgan fingerprint density at radius 3 is 1.93 bits per heavy atom. The maximum Gasteiger partial charge on any atom is 0.313 e. The molecule has 11 N–H and O–H groups in total. The van der Waals surface area contributed by atoms with Gasteiger partial charge in [0.05, 0.1) is 44.1 Å². The number of rotatable bonds is 17. The number of allylic oxidation sites excluding steroid dienone is 2. The summed E-state index contributed by atoms with van der Waals surface area (Å²) in [6.07, 6.45) is -27.1. The van der Waals surface area contributed by atoms with Crippen molar-refractivity contribution in [2.24, 2.45) is 39.4 Å². The van der Waals surface area contributed by atoms with Crippen molar-refractivity contribution in [1.82, 2.24) is 0 Å². The summed E-state index contributed by atoms with van der Waals surface area (Å²) in [7, 11) is 1.28. The second kappa shape index (κ2) is 25.2. The van der Waals surface area contributed by atoms with Crippen LogP contribution in [0.1, 0.15) is 113 Å². The topological polar surface area (TPSA) is 377 Å². The van der Waals surface area contributed by atoms with Crippen LogP contribution in [0.5, 0.6) is 0 Å². The Hall–Kier alpha value is -2.46. The van der Waals surface area contributed by atoms with Crippen LogP contribution in [-0.4, -0.2) is 255 Å². The molecular formula is C60H94O26. The largest absolute Gasteiger partial charge is 0.462 e. The second-order valence-corrected chi connectivity index (χ2v) is 27.5. The Balaban J connectivity index is 0.858.